The molecule has 18 heavy (non-hydrogen) atoms. The Hall–Kier alpha value is -2.38. The molecule has 2 N–H and O–H groups in total. The second-order valence-corrected chi connectivity index (χ2v) is 3.82. The van der Waals surface area contributed by atoms with Gasteiger partial charge in [0.05, 0.1) is 12.2 Å². The molecule has 0 atom stereocenters. The predicted octanol–water partition coefficient (Wildman–Crippen LogP) is 0.730. The average molecular weight is 251 g/mol. The molecule has 0 radical (unpaired) electrons. The minimum Gasteiger partial charge on any atom is -0.477 e. The lowest BCUT2D eigenvalue weighted by atomic mass is 10.2. The molecule has 2 aromatic rings. The Morgan fingerprint density at radius 3 is 2.78 bits per heavy atom. The van der Waals surface area contributed by atoms with Gasteiger partial charge in [-0.25, -0.2) is 4.79 Å². The molecule has 2 rings (SSSR count). The fourth-order valence-corrected chi connectivity index (χ4v) is 1.69. The largest absolute Gasteiger partial charge is 0.477 e. The van der Waals surface area contributed by atoms with E-state index in [1.807, 2.05) is 0 Å². The number of aryl methyl sites for hydroxylation is 3. The first-order valence-electron chi connectivity index (χ1n) is 5.29. The molecule has 8 heteroatoms. The van der Waals surface area contributed by atoms with Crippen LogP contribution >= 0.6 is 0 Å². The summed E-state index contributed by atoms with van der Waals surface area (Å²) in [5, 5.41) is 19.8. The number of carbonyl (C=O) groups is 1. The van der Waals surface area contributed by atoms with Crippen LogP contribution in [0.3, 0.4) is 0 Å². The van der Waals surface area contributed by atoms with Gasteiger partial charge in [0.1, 0.15) is 11.4 Å². The van der Waals surface area contributed by atoms with Crippen molar-refractivity contribution in [3.05, 3.63) is 23.0 Å². The van der Waals surface area contributed by atoms with E-state index in [4.69, 9.17) is 9.63 Å². The van der Waals surface area contributed by atoms with E-state index in [1.165, 1.54) is 4.68 Å². The molecule has 0 amide bonds. The third kappa shape index (κ3) is 2.17. The van der Waals surface area contributed by atoms with Crippen molar-refractivity contribution in [2.24, 2.45) is 7.05 Å². The zero-order valence-corrected chi connectivity index (χ0v) is 10.3. The third-order valence-corrected chi connectivity index (χ3v) is 2.42. The first kappa shape index (κ1) is 12.1. The zero-order chi connectivity index (χ0) is 13.3. The van der Waals surface area contributed by atoms with E-state index >= 15 is 0 Å². The molecular formula is C10H13N5O3. The van der Waals surface area contributed by atoms with Crippen molar-refractivity contribution in [2.45, 2.75) is 20.4 Å². The maximum Gasteiger partial charge on any atom is 0.341 e. The molecule has 0 aromatic carbocycles. The fourth-order valence-electron chi connectivity index (χ4n) is 1.69. The first-order chi connectivity index (χ1) is 8.49. The number of hydrogen-bond acceptors (Lipinski definition) is 6. The van der Waals surface area contributed by atoms with Gasteiger partial charge in [0.25, 0.3) is 0 Å². The third-order valence-electron chi connectivity index (χ3n) is 2.42. The van der Waals surface area contributed by atoms with Crippen molar-refractivity contribution in [1.29, 1.82) is 0 Å². The van der Waals surface area contributed by atoms with Crippen molar-refractivity contribution in [1.82, 2.24) is 19.9 Å². The summed E-state index contributed by atoms with van der Waals surface area (Å²) in [6.07, 6.45) is 0. The van der Waals surface area contributed by atoms with E-state index in [9.17, 15) is 4.79 Å². The number of carboxylic acids is 1. The smallest absolute Gasteiger partial charge is 0.341 e. The monoisotopic (exact) mass is 251 g/mol. The summed E-state index contributed by atoms with van der Waals surface area (Å²) in [6, 6.07) is 0. The van der Waals surface area contributed by atoms with E-state index in [0.717, 1.165) is 0 Å². The van der Waals surface area contributed by atoms with Crippen LogP contribution in [-0.4, -0.2) is 31.0 Å². The van der Waals surface area contributed by atoms with E-state index < -0.39 is 5.97 Å². The maximum atomic E-state index is 11.1. The SMILES string of the molecule is Cc1nc(CNc2c(C(=O)O)c(C)nn2C)no1. The molecule has 0 fully saturated rings. The Bertz CT molecular complexity index is 586. The quantitative estimate of drug-likeness (QED) is 0.824. The lowest BCUT2D eigenvalue weighted by Gasteiger charge is -2.05. The predicted molar refractivity (Wildman–Crippen MR) is 61.3 cm³/mol. The van der Waals surface area contributed by atoms with Crippen molar-refractivity contribution in [3.63, 3.8) is 0 Å². The lowest BCUT2D eigenvalue weighted by molar-refractivity contribution is 0.0697. The summed E-state index contributed by atoms with van der Waals surface area (Å²) < 4.78 is 6.30. The van der Waals surface area contributed by atoms with Crippen LogP contribution in [-0.2, 0) is 13.6 Å². The summed E-state index contributed by atoms with van der Waals surface area (Å²) in [6.45, 7) is 3.61. The molecule has 0 aliphatic rings. The Kier molecular flexibility index (Phi) is 3.00. The zero-order valence-electron chi connectivity index (χ0n) is 10.3. The molecule has 8 nitrogen and oxygen atoms in total. The van der Waals surface area contributed by atoms with Crippen molar-refractivity contribution >= 4 is 11.8 Å². The number of nitrogens with one attached hydrogen (secondary N) is 1. The molecule has 0 spiro atoms. The highest BCUT2D eigenvalue weighted by molar-refractivity contribution is 5.94. The highest BCUT2D eigenvalue weighted by Gasteiger charge is 2.19. The van der Waals surface area contributed by atoms with Gasteiger partial charge in [-0.3, -0.25) is 4.68 Å². The topological polar surface area (TPSA) is 106 Å². The number of aromatic carboxylic acids is 1. The van der Waals surface area contributed by atoms with Crippen LogP contribution in [0.25, 0.3) is 0 Å². The van der Waals surface area contributed by atoms with Gasteiger partial charge in [-0.05, 0) is 6.92 Å². The van der Waals surface area contributed by atoms with E-state index in [0.29, 0.717) is 23.2 Å². The first-order valence-corrected chi connectivity index (χ1v) is 5.29. The fraction of sp³-hybridized carbons (Fsp3) is 0.400. The van der Waals surface area contributed by atoms with Gasteiger partial charge >= 0.3 is 5.97 Å². The second kappa shape index (κ2) is 4.47. The minimum absolute atomic E-state index is 0.151. The van der Waals surface area contributed by atoms with Gasteiger partial charge in [-0.15, -0.1) is 0 Å². The van der Waals surface area contributed by atoms with Crippen molar-refractivity contribution in [2.75, 3.05) is 5.32 Å². The summed E-state index contributed by atoms with van der Waals surface area (Å²) in [4.78, 5) is 15.1. The Morgan fingerprint density at radius 2 is 2.22 bits per heavy atom. The average Bonchev–Trinajstić information content (AvgIpc) is 2.79. The highest BCUT2D eigenvalue weighted by atomic mass is 16.5. The van der Waals surface area contributed by atoms with Crippen LogP contribution in [0, 0.1) is 13.8 Å². The Balaban J connectivity index is 2.21. The van der Waals surface area contributed by atoms with Gasteiger partial charge < -0.3 is 14.9 Å². The van der Waals surface area contributed by atoms with Gasteiger partial charge in [-0.2, -0.15) is 10.1 Å². The molecule has 2 aromatic heterocycles. The van der Waals surface area contributed by atoms with Crippen LogP contribution in [0.5, 0.6) is 0 Å². The Morgan fingerprint density at radius 1 is 1.50 bits per heavy atom. The number of carboxylic acid groups (broad SMARTS) is 1. The molecule has 0 unspecified atom stereocenters. The number of aromatic nitrogens is 4. The van der Waals surface area contributed by atoms with Crippen LogP contribution < -0.4 is 5.32 Å². The van der Waals surface area contributed by atoms with E-state index in [2.05, 4.69) is 20.6 Å². The molecule has 0 aliphatic heterocycles. The van der Waals surface area contributed by atoms with Gasteiger partial charge in [0.15, 0.2) is 5.82 Å². The second-order valence-electron chi connectivity index (χ2n) is 3.82. The number of rotatable bonds is 4. The van der Waals surface area contributed by atoms with Crippen LogP contribution in [0.15, 0.2) is 4.52 Å². The molecule has 0 saturated carbocycles. The van der Waals surface area contributed by atoms with E-state index in [-0.39, 0.29) is 12.1 Å². The minimum atomic E-state index is -1.02. The molecule has 0 saturated heterocycles. The van der Waals surface area contributed by atoms with Crippen molar-refractivity contribution < 1.29 is 14.4 Å². The summed E-state index contributed by atoms with van der Waals surface area (Å²) in [5.74, 6) is 0.323. The highest BCUT2D eigenvalue weighted by Crippen LogP contribution is 2.19. The van der Waals surface area contributed by atoms with E-state index in [1.54, 1.807) is 20.9 Å². The lowest BCUT2D eigenvalue weighted by Crippen LogP contribution is -2.09. The molecule has 2 heterocycles. The molecule has 96 valence electrons. The van der Waals surface area contributed by atoms with Crippen LogP contribution in [0.4, 0.5) is 5.82 Å². The summed E-state index contributed by atoms with van der Waals surface area (Å²) in [7, 11) is 1.67. The normalized spacial score (nSPS) is 10.6. The summed E-state index contributed by atoms with van der Waals surface area (Å²) >= 11 is 0. The van der Waals surface area contributed by atoms with Crippen LogP contribution in [0.2, 0.25) is 0 Å². The molecular weight excluding hydrogens is 238 g/mol. The van der Waals surface area contributed by atoms with Crippen molar-refractivity contribution in [3.8, 4) is 0 Å². The van der Waals surface area contributed by atoms with Gasteiger partial charge in [-0.1, -0.05) is 5.16 Å². The maximum absolute atomic E-state index is 11.1. The van der Waals surface area contributed by atoms with Gasteiger partial charge in [0.2, 0.25) is 5.89 Å². The van der Waals surface area contributed by atoms with Gasteiger partial charge in [0, 0.05) is 14.0 Å². The Labute approximate surface area is 103 Å². The number of nitrogens with zero attached hydrogens (tertiary/aromatic N) is 4. The van der Waals surface area contributed by atoms with Crippen LogP contribution in [0.1, 0.15) is 27.8 Å². The standard InChI is InChI=1S/C10H13N5O3/c1-5-8(10(16)17)9(15(3)13-5)11-4-7-12-6(2)18-14-7/h11H,4H2,1-3H3,(H,16,17). The molecule has 0 aliphatic carbocycles. The number of hydrogen-bond donors (Lipinski definition) is 2. The number of anilines is 1. The summed E-state index contributed by atoms with van der Waals surface area (Å²) in [5.41, 5.74) is 0.606. The molecule has 0 bridgehead atoms.